The van der Waals surface area contributed by atoms with E-state index < -0.39 is 10.0 Å². The smallest absolute Gasteiger partial charge is 0.244 e. The zero-order valence-corrected chi connectivity index (χ0v) is 18.0. The van der Waals surface area contributed by atoms with Gasteiger partial charge in [-0.2, -0.15) is 0 Å². The molecule has 0 unspecified atom stereocenters. The van der Waals surface area contributed by atoms with Crippen molar-refractivity contribution in [1.29, 1.82) is 0 Å². The summed E-state index contributed by atoms with van der Waals surface area (Å²) in [5.41, 5.74) is 0.773. The summed E-state index contributed by atoms with van der Waals surface area (Å²) in [7, 11) is -0.591. The van der Waals surface area contributed by atoms with E-state index >= 15 is 0 Å². The monoisotopic (exact) mass is 434 g/mol. The Morgan fingerprint density at radius 3 is 2.37 bits per heavy atom. The number of sulfonamides is 1. The largest absolute Gasteiger partial charge is 0.497 e. The Morgan fingerprint density at radius 1 is 1.00 bits per heavy atom. The molecule has 0 aliphatic rings. The molecular formula is C21H26N2O6S. The standard InChI is InChI=1S/C21H26N2O6S/c1-4-29-20-15-16(5-11-19(20)28-3)6-12-21(24)22-13-14-23-30(25,26)18-9-7-17(27-2)8-10-18/h5-12,15,23H,4,13-14H2,1-3H3,(H,22,24)/b12-6+. The van der Waals surface area contributed by atoms with E-state index in [0.717, 1.165) is 5.56 Å². The number of carbonyl (C=O) groups is 1. The van der Waals surface area contributed by atoms with E-state index in [1.165, 1.54) is 25.3 Å². The lowest BCUT2D eigenvalue weighted by Gasteiger charge is -2.09. The number of rotatable bonds is 11. The maximum atomic E-state index is 12.2. The molecule has 0 atom stereocenters. The summed E-state index contributed by atoms with van der Waals surface area (Å²) >= 11 is 0. The predicted molar refractivity (Wildman–Crippen MR) is 114 cm³/mol. The molecule has 2 N–H and O–H groups in total. The van der Waals surface area contributed by atoms with Crippen molar-refractivity contribution < 1.29 is 27.4 Å². The van der Waals surface area contributed by atoms with E-state index in [-0.39, 0.29) is 23.9 Å². The van der Waals surface area contributed by atoms with Crippen LogP contribution in [0.3, 0.4) is 0 Å². The van der Waals surface area contributed by atoms with Crippen LogP contribution in [-0.4, -0.2) is 48.2 Å². The summed E-state index contributed by atoms with van der Waals surface area (Å²) < 4.78 is 42.6. The lowest BCUT2D eigenvalue weighted by Crippen LogP contribution is -2.34. The average molecular weight is 435 g/mol. The van der Waals surface area contributed by atoms with Crippen molar-refractivity contribution >= 4 is 22.0 Å². The van der Waals surface area contributed by atoms with Gasteiger partial charge in [0.2, 0.25) is 15.9 Å². The molecule has 2 rings (SSSR count). The van der Waals surface area contributed by atoms with Crippen LogP contribution in [0, 0.1) is 0 Å². The Hall–Kier alpha value is -3.04. The molecule has 0 heterocycles. The highest BCUT2D eigenvalue weighted by Gasteiger charge is 2.13. The molecule has 0 aromatic heterocycles. The first kappa shape index (κ1) is 23.2. The number of amides is 1. The minimum atomic E-state index is -3.66. The van der Waals surface area contributed by atoms with E-state index in [0.29, 0.717) is 23.9 Å². The summed E-state index contributed by atoms with van der Waals surface area (Å²) in [4.78, 5) is 12.1. The Balaban J connectivity index is 1.83. The Kier molecular flexibility index (Phi) is 8.70. The summed E-state index contributed by atoms with van der Waals surface area (Å²) in [6.07, 6.45) is 3.01. The fraction of sp³-hybridized carbons (Fsp3) is 0.286. The van der Waals surface area contributed by atoms with Gasteiger partial charge in [0.15, 0.2) is 11.5 Å². The van der Waals surface area contributed by atoms with Gasteiger partial charge in [0.1, 0.15) is 5.75 Å². The van der Waals surface area contributed by atoms with Crippen LogP contribution in [0.1, 0.15) is 12.5 Å². The minimum absolute atomic E-state index is 0.0605. The van der Waals surface area contributed by atoms with Gasteiger partial charge in [-0.3, -0.25) is 4.79 Å². The van der Waals surface area contributed by atoms with Crippen LogP contribution in [-0.2, 0) is 14.8 Å². The fourth-order valence-corrected chi connectivity index (χ4v) is 3.54. The fourth-order valence-electron chi connectivity index (χ4n) is 2.51. The molecule has 0 saturated carbocycles. The Labute approximate surface area is 176 Å². The normalized spacial score (nSPS) is 11.3. The number of nitrogens with one attached hydrogen (secondary N) is 2. The zero-order valence-electron chi connectivity index (χ0n) is 17.2. The summed E-state index contributed by atoms with van der Waals surface area (Å²) in [5.74, 6) is 1.43. The van der Waals surface area contributed by atoms with Crippen LogP contribution in [0.4, 0.5) is 0 Å². The third-order valence-corrected chi connectivity index (χ3v) is 5.48. The zero-order chi connectivity index (χ0) is 22.0. The SMILES string of the molecule is CCOc1cc(/C=C/C(=O)NCCNS(=O)(=O)c2ccc(OC)cc2)ccc1OC. The van der Waals surface area contributed by atoms with Crippen molar-refractivity contribution in [2.45, 2.75) is 11.8 Å². The third-order valence-electron chi connectivity index (χ3n) is 4.00. The molecule has 1 amide bonds. The first-order valence-corrected chi connectivity index (χ1v) is 10.8. The van der Waals surface area contributed by atoms with Gasteiger partial charge in [0.25, 0.3) is 0 Å². The van der Waals surface area contributed by atoms with E-state index in [4.69, 9.17) is 14.2 Å². The number of methoxy groups -OCH3 is 2. The minimum Gasteiger partial charge on any atom is -0.497 e. The van der Waals surface area contributed by atoms with E-state index in [1.807, 2.05) is 6.92 Å². The topological polar surface area (TPSA) is 103 Å². The van der Waals surface area contributed by atoms with E-state index in [2.05, 4.69) is 10.0 Å². The van der Waals surface area contributed by atoms with Crippen LogP contribution in [0.5, 0.6) is 17.2 Å². The van der Waals surface area contributed by atoms with Crippen LogP contribution in [0.15, 0.2) is 53.4 Å². The number of ether oxygens (including phenoxy) is 3. The maximum Gasteiger partial charge on any atom is 0.244 e. The Bertz CT molecular complexity index is 971. The predicted octanol–water partition coefficient (Wildman–Crippen LogP) is 2.21. The average Bonchev–Trinajstić information content (AvgIpc) is 2.75. The van der Waals surface area contributed by atoms with Gasteiger partial charge in [-0.25, -0.2) is 13.1 Å². The maximum absolute atomic E-state index is 12.2. The molecule has 2 aromatic carbocycles. The quantitative estimate of drug-likeness (QED) is 0.415. The van der Waals surface area contributed by atoms with Gasteiger partial charge in [-0.1, -0.05) is 6.07 Å². The van der Waals surface area contributed by atoms with Gasteiger partial charge in [-0.15, -0.1) is 0 Å². The molecule has 0 fully saturated rings. The first-order chi connectivity index (χ1) is 14.4. The summed E-state index contributed by atoms with van der Waals surface area (Å²) in [6, 6.07) is 11.4. The van der Waals surface area contributed by atoms with Crippen LogP contribution in [0.25, 0.3) is 6.08 Å². The molecule has 0 saturated heterocycles. The lowest BCUT2D eigenvalue weighted by atomic mass is 10.2. The number of carbonyl (C=O) groups excluding carboxylic acids is 1. The summed E-state index contributed by atoms with van der Waals surface area (Å²) in [5, 5.41) is 2.63. The van der Waals surface area contributed by atoms with Crippen LogP contribution >= 0.6 is 0 Å². The van der Waals surface area contributed by atoms with Crippen molar-refractivity contribution in [1.82, 2.24) is 10.0 Å². The van der Waals surface area contributed by atoms with Gasteiger partial charge >= 0.3 is 0 Å². The van der Waals surface area contributed by atoms with Crippen molar-refractivity contribution in [2.75, 3.05) is 33.9 Å². The molecule has 0 spiro atoms. The second kappa shape index (κ2) is 11.2. The molecule has 0 radical (unpaired) electrons. The van der Waals surface area contributed by atoms with Gasteiger partial charge in [0, 0.05) is 19.2 Å². The molecule has 2 aromatic rings. The highest BCUT2D eigenvalue weighted by Crippen LogP contribution is 2.28. The third kappa shape index (κ3) is 6.78. The number of benzene rings is 2. The van der Waals surface area contributed by atoms with Crippen molar-refractivity contribution in [3.05, 3.63) is 54.1 Å². The van der Waals surface area contributed by atoms with Gasteiger partial charge in [-0.05, 0) is 55.0 Å². The number of hydrogen-bond acceptors (Lipinski definition) is 6. The van der Waals surface area contributed by atoms with E-state index in [1.54, 1.807) is 43.5 Å². The highest BCUT2D eigenvalue weighted by atomic mass is 32.2. The van der Waals surface area contributed by atoms with E-state index in [9.17, 15) is 13.2 Å². The summed E-state index contributed by atoms with van der Waals surface area (Å²) in [6.45, 7) is 2.57. The van der Waals surface area contributed by atoms with Crippen molar-refractivity contribution in [2.24, 2.45) is 0 Å². The van der Waals surface area contributed by atoms with Crippen LogP contribution in [0.2, 0.25) is 0 Å². The van der Waals surface area contributed by atoms with Crippen molar-refractivity contribution in [3.63, 3.8) is 0 Å². The molecule has 30 heavy (non-hydrogen) atoms. The Morgan fingerprint density at radius 2 is 1.73 bits per heavy atom. The molecule has 8 nitrogen and oxygen atoms in total. The lowest BCUT2D eigenvalue weighted by molar-refractivity contribution is -0.116. The highest BCUT2D eigenvalue weighted by molar-refractivity contribution is 7.89. The van der Waals surface area contributed by atoms with Crippen molar-refractivity contribution in [3.8, 4) is 17.2 Å². The molecule has 162 valence electrons. The number of hydrogen-bond donors (Lipinski definition) is 2. The second-order valence-electron chi connectivity index (χ2n) is 6.04. The molecule has 0 bridgehead atoms. The van der Waals surface area contributed by atoms with Gasteiger partial charge < -0.3 is 19.5 Å². The molecular weight excluding hydrogens is 408 g/mol. The second-order valence-corrected chi connectivity index (χ2v) is 7.81. The molecule has 0 aliphatic heterocycles. The first-order valence-electron chi connectivity index (χ1n) is 9.30. The van der Waals surface area contributed by atoms with Gasteiger partial charge in [0.05, 0.1) is 25.7 Å². The molecule has 9 heteroatoms. The molecule has 0 aliphatic carbocycles. The van der Waals surface area contributed by atoms with Crippen LogP contribution < -0.4 is 24.2 Å².